The first-order valence-electron chi connectivity index (χ1n) is 13.1. The Morgan fingerprint density at radius 2 is 1.40 bits per heavy atom. The Bertz CT molecular complexity index is 1340. The summed E-state index contributed by atoms with van der Waals surface area (Å²) in [5.41, 5.74) is 1.39. The van der Waals surface area contributed by atoms with E-state index in [0.29, 0.717) is 42.0 Å². The lowest BCUT2D eigenvalue weighted by atomic mass is 9.77. The minimum absolute atomic E-state index is 0.0365. The second kappa shape index (κ2) is 11.4. The van der Waals surface area contributed by atoms with E-state index >= 15 is 4.39 Å². The van der Waals surface area contributed by atoms with Gasteiger partial charge in [-0.05, 0) is 54.9 Å². The van der Waals surface area contributed by atoms with Crippen molar-refractivity contribution in [2.75, 3.05) is 13.2 Å². The third kappa shape index (κ3) is 5.98. The Labute approximate surface area is 226 Å². The molecule has 2 fully saturated rings. The molecule has 3 aromatic rings. The molecule has 0 N–H and O–H groups in total. The summed E-state index contributed by atoms with van der Waals surface area (Å²) in [6.07, 6.45) is -4.06. The highest BCUT2D eigenvalue weighted by atomic mass is 19.3. The van der Waals surface area contributed by atoms with Crippen molar-refractivity contribution in [3.8, 4) is 16.9 Å². The third-order valence-corrected chi connectivity index (χ3v) is 7.49. The van der Waals surface area contributed by atoms with Crippen LogP contribution < -0.4 is 4.74 Å². The number of benzene rings is 3. The van der Waals surface area contributed by atoms with Crippen molar-refractivity contribution in [1.29, 1.82) is 0 Å². The molecule has 3 nitrogen and oxygen atoms in total. The molecule has 214 valence electrons. The highest BCUT2D eigenvalue weighted by molar-refractivity contribution is 5.65. The SMILES string of the molecule is CC1COC(c2ccc(-c3ccc(C4CCC(C(F)(F)Oc5cc(F)c(F)c(F)c5)CC4)c(F)c3)c(F)c2)OC1. The average molecular weight is 569 g/mol. The van der Waals surface area contributed by atoms with Crippen LogP contribution >= 0.6 is 0 Å². The Kier molecular flexibility index (Phi) is 8.10. The van der Waals surface area contributed by atoms with E-state index in [1.807, 2.05) is 6.92 Å². The standard InChI is InChI=1S/C30H27F7O3/c1-16-14-38-29(39-15-16)19-5-9-23(25(32)11-19)18-4-8-22(24(31)10-18)17-2-6-20(7-3-17)30(36,37)40-21-12-26(33)28(35)27(34)13-21/h4-5,8-13,16-17,20,29H,2-3,6-7,14-15H2,1H3. The molecule has 40 heavy (non-hydrogen) atoms. The van der Waals surface area contributed by atoms with Crippen molar-refractivity contribution in [2.45, 2.75) is 50.9 Å². The van der Waals surface area contributed by atoms with Gasteiger partial charge < -0.3 is 14.2 Å². The topological polar surface area (TPSA) is 27.7 Å². The highest BCUT2D eigenvalue weighted by Gasteiger charge is 2.44. The summed E-state index contributed by atoms with van der Waals surface area (Å²) in [4.78, 5) is 0. The molecule has 1 heterocycles. The number of ether oxygens (including phenoxy) is 3. The summed E-state index contributed by atoms with van der Waals surface area (Å²) in [6, 6.07) is 9.60. The van der Waals surface area contributed by atoms with Crippen LogP contribution in [0.2, 0.25) is 0 Å². The summed E-state index contributed by atoms with van der Waals surface area (Å²) in [5.74, 6) is -8.37. The van der Waals surface area contributed by atoms with Crippen LogP contribution in [0, 0.1) is 40.9 Å². The molecule has 5 rings (SSSR count). The van der Waals surface area contributed by atoms with E-state index in [2.05, 4.69) is 4.74 Å². The monoisotopic (exact) mass is 568 g/mol. The first-order valence-corrected chi connectivity index (χ1v) is 13.1. The largest absolute Gasteiger partial charge is 0.432 e. The van der Waals surface area contributed by atoms with Gasteiger partial charge in [0.15, 0.2) is 23.7 Å². The first kappa shape index (κ1) is 28.4. The molecule has 0 bridgehead atoms. The Morgan fingerprint density at radius 1 is 0.750 bits per heavy atom. The molecule has 0 radical (unpaired) electrons. The van der Waals surface area contributed by atoms with E-state index < -0.39 is 53.2 Å². The van der Waals surface area contributed by atoms with Gasteiger partial charge in [-0.15, -0.1) is 0 Å². The van der Waals surface area contributed by atoms with Gasteiger partial charge in [0.05, 0.1) is 19.1 Å². The predicted octanol–water partition coefficient (Wildman–Crippen LogP) is 8.68. The van der Waals surface area contributed by atoms with Gasteiger partial charge in [-0.3, -0.25) is 0 Å². The average Bonchev–Trinajstić information content (AvgIpc) is 2.92. The lowest BCUT2D eigenvalue weighted by Gasteiger charge is -2.33. The van der Waals surface area contributed by atoms with Crippen molar-refractivity contribution in [2.24, 2.45) is 11.8 Å². The van der Waals surface area contributed by atoms with Crippen LogP contribution in [-0.2, 0) is 9.47 Å². The van der Waals surface area contributed by atoms with Gasteiger partial charge in [0.2, 0.25) is 0 Å². The van der Waals surface area contributed by atoms with Crippen LogP contribution in [0.15, 0.2) is 48.5 Å². The quantitative estimate of drug-likeness (QED) is 0.220. The number of alkyl halides is 2. The van der Waals surface area contributed by atoms with Crippen molar-refractivity contribution in [1.82, 2.24) is 0 Å². The zero-order chi connectivity index (χ0) is 28.6. The van der Waals surface area contributed by atoms with Crippen LogP contribution in [0.4, 0.5) is 30.7 Å². The number of halogens is 7. The maximum Gasteiger partial charge on any atom is 0.400 e. The van der Waals surface area contributed by atoms with Gasteiger partial charge in [0, 0.05) is 29.2 Å². The van der Waals surface area contributed by atoms with Gasteiger partial charge in [-0.25, -0.2) is 22.0 Å². The molecule has 0 unspecified atom stereocenters. The second-order valence-corrected chi connectivity index (χ2v) is 10.5. The summed E-state index contributed by atoms with van der Waals surface area (Å²) in [5, 5.41) is 0. The zero-order valence-electron chi connectivity index (χ0n) is 21.5. The molecule has 1 saturated carbocycles. The van der Waals surface area contributed by atoms with Crippen LogP contribution in [0.1, 0.15) is 55.9 Å². The molecule has 10 heteroatoms. The molecule has 0 spiro atoms. The molecule has 3 aromatic carbocycles. The van der Waals surface area contributed by atoms with Crippen molar-refractivity contribution in [3.05, 3.63) is 88.7 Å². The second-order valence-electron chi connectivity index (χ2n) is 10.5. The maximum atomic E-state index is 15.1. The Balaban J connectivity index is 1.23. The molecular weight excluding hydrogens is 541 g/mol. The highest BCUT2D eigenvalue weighted by Crippen LogP contribution is 2.44. The zero-order valence-corrected chi connectivity index (χ0v) is 21.5. The third-order valence-electron chi connectivity index (χ3n) is 7.49. The van der Waals surface area contributed by atoms with Gasteiger partial charge in [0.1, 0.15) is 17.4 Å². The lowest BCUT2D eigenvalue weighted by molar-refractivity contribution is -0.222. The van der Waals surface area contributed by atoms with E-state index in [-0.39, 0.29) is 43.1 Å². The summed E-state index contributed by atoms with van der Waals surface area (Å²) in [6.45, 7) is 2.99. The van der Waals surface area contributed by atoms with Gasteiger partial charge >= 0.3 is 6.11 Å². The number of hydrogen-bond acceptors (Lipinski definition) is 3. The molecule has 0 aromatic heterocycles. The Morgan fingerprint density at radius 3 is 2.00 bits per heavy atom. The van der Waals surface area contributed by atoms with Crippen molar-refractivity contribution in [3.63, 3.8) is 0 Å². The normalized spacial score (nSPS) is 23.7. The summed E-state index contributed by atoms with van der Waals surface area (Å²) < 4.78 is 115. The van der Waals surface area contributed by atoms with E-state index in [4.69, 9.17) is 9.47 Å². The molecule has 0 atom stereocenters. The van der Waals surface area contributed by atoms with E-state index in [0.717, 1.165) is 0 Å². The van der Waals surface area contributed by atoms with Crippen LogP contribution in [0.25, 0.3) is 11.1 Å². The van der Waals surface area contributed by atoms with Crippen LogP contribution in [0.5, 0.6) is 5.75 Å². The van der Waals surface area contributed by atoms with E-state index in [9.17, 15) is 26.3 Å². The minimum Gasteiger partial charge on any atom is -0.432 e. The first-order chi connectivity index (χ1) is 19.0. The summed E-state index contributed by atoms with van der Waals surface area (Å²) >= 11 is 0. The van der Waals surface area contributed by atoms with Gasteiger partial charge in [0.25, 0.3) is 0 Å². The molecule has 1 saturated heterocycles. The van der Waals surface area contributed by atoms with Crippen molar-refractivity contribution < 1.29 is 44.9 Å². The molecule has 2 aliphatic rings. The molecule has 0 amide bonds. The van der Waals surface area contributed by atoms with Crippen molar-refractivity contribution >= 4 is 0 Å². The lowest BCUT2D eigenvalue weighted by Crippen LogP contribution is -2.37. The smallest absolute Gasteiger partial charge is 0.400 e. The molecule has 1 aliphatic carbocycles. The van der Waals surface area contributed by atoms with E-state index in [1.54, 1.807) is 12.1 Å². The van der Waals surface area contributed by atoms with E-state index in [1.165, 1.54) is 24.3 Å². The maximum absolute atomic E-state index is 15.1. The molecular formula is C30H27F7O3. The minimum atomic E-state index is -3.76. The van der Waals surface area contributed by atoms with Gasteiger partial charge in [-0.2, -0.15) is 8.78 Å². The fraction of sp³-hybridized carbons (Fsp3) is 0.400. The van der Waals surface area contributed by atoms with Gasteiger partial charge in [-0.1, -0.05) is 31.2 Å². The Hall–Kier alpha value is -3.11. The van der Waals surface area contributed by atoms with Crippen LogP contribution in [0.3, 0.4) is 0 Å². The van der Waals surface area contributed by atoms with Crippen LogP contribution in [-0.4, -0.2) is 19.3 Å². The predicted molar refractivity (Wildman–Crippen MR) is 132 cm³/mol. The number of hydrogen-bond donors (Lipinski definition) is 0. The number of rotatable bonds is 6. The fourth-order valence-corrected chi connectivity index (χ4v) is 5.30. The fourth-order valence-electron chi connectivity index (χ4n) is 5.30. The molecule has 1 aliphatic heterocycles. The summed E-state index contributed by atoms with van der Waals surface area (Å²) in [7, 11) is 0.